The van der Waals surface area contributed by atoms with E-state index in [9.17, 15) is 14.4 Å². The Morgan fingerprint density at radius 2 is 2.00 bits per heavy atom. The summed E-state index contributed by atoms with van der Waals surface area (Å²) in [5.74, 6) is 0.382. The maximum atomic E-state index is 13.1. The van der Waals surface area contributed by atoms with Gasteiger partial charge in [0.15, 0.2) is 0 Å². The van der Waals surface area contributed by atoms with E-state index < -0.39 is 0 Å². The standard InChI is InChI=1S/C23H28N6O3/c1-27(2)22-24-14-17(16-8-4-3-5-9-16)21(26-22)18-10-6-12-28(18)19(30)11-7-13-29-20(31)15-25-23(29)32/h3-5,8-9,14,18H,6-7,10-13,15H2,1-2H3,(H,25,32)/t18-/m1/s1. The lowest BCUT2D eigenvalue weighted by Crippen LogP contribution is -2.34. The molecule has 168 valence electrons. The monoisotopic (exact) mass is 436 g/mol. The maximum absolute atomic E-state index is 13.1. The van der Waals surface area contributed by atoms with E-state index in [-0.39, 0.29) is 43.4 Å². The van der Waals surface area contributed by atoms with Crippen LogP contribution in [0.1, 0.15) is 37.4 Å². The quantitative estimate of drug-likeness (QED) is 0.668. The molecule has 3 heterocycles. The van der Waals surface area contributed by atoms with Crippen LogP contribution in [-0.2, 0) is 9.59 Å². The molecule has 0 bridgehead atoms. The van der Waals surface area contributed by atoms with Crippen LogP contribution in [0.3, 0.4) is 0 Å². The van der Waals surface area contributed by atoms with Crippen LogP contribution < -0.4 is 10.2 Å². The van der Waals surface area contributed by atoms with Crippen LogP contribution >= 0.6 is 0 Å². The fourth-order valence-corrected chi connectivity index (χ4v) is 4.26. The molecule has 4 rings (SSSR count). The van der Waals surface area contributed by atoms with Crippen molar-refractivity contribution in [3.63, 3.8) is 0 Å². The lowest BCUT2D eigenvalue weighted by atomic mass is 9.99. The van der Waals surface area contributed by atoms with E-state index in [1.807, 2.05) is 60.4 Å². The number of likely N-dealkylation sites (tertiary alicyclic amines) is 1. The van der Waals surface area contributed by atoms with Crippen molar-refractivity contribution in [2.24, 2.45) is 0 Å². The Kier molecular flexibility index (Phi) is 6.34. The van der Waals surface area contributed by atoms with E-state index in [0.717, 1.165) is 29.7 Å². The largest absolute Gasteiger partial charge is 0.347 e. The SMILES string of the molecule is CN(C)c1ncc(-c2ccccc2)c([C@H]2CCCN2C(=O)CCCN2C(=O)CNC2=O)n1. The second kappa shape index (κ2) is 9.33. The van der Waals surface area contributed by atoms with Gasteiger partial charge in [-0.1, -0.05) is 30.3 Å². The number of aromatic nitrogens is 2. The number of carbonyl (C=O) groups excluding carboxylic acids is 3. The highest BCUT2D eigenvalue weighted by Gasteiger charge is 2.34. The van der Waals surface area contributed by atoms with Gasteiger partial charge >= 0.3 is 6.03 Å². The van der Waals surface area contributed by atoms with Crippen molar-refractivity contribution in [1.29, 1.82) is 0 Å². The summed E-state index contributed by atoms with van der Waals surface area (Å²) in [6, 6.07) is 9.46. The molecule has 0 radical (unpaired) electrons. The van der Waals surface area contributed by atoms with Gasteiger partial charge in [0.1, 0.15) is 0 Å². The number of hydrogen-bond acceptors (Lipinski definition) is 6. The number of urea groups is 1. The van der Waals surface area contributed by atoms with Gasteiger partial charge in [-0.05, 0) is 24.8 Å². The summed E-state index contributed by atoms with van der Waals surface area (Å²) in [7, 11) is 3.79. The molecule has 2 fully saturated rings. The van der Waals surface area contributed by atoms with Gasteiger partial charge in [-0.15, -0.1) is 0 Å². The fraction of sp³-hybridized carbons (Fsp3) is 0.435. The normalized spacial score (nSPS) is 18.2. The van der Waals surface area contributed by atoms with Gasteiger partial charge in [-0.25, -0.2) is 14.8 Å². The third-order valence-corrected chi connectivity index (χ3v) is 5.89. The number of amides is 4. The molecule has 0 saturated carbocycles. The first-order valence-corrected chi connectivity index (χ1v) is 10.9. The fourth-order valence-electron chi connectivity index (χ4n) is 4.26. The lowest BCUT2D eigenvalue weighted by Gasteiger charge is -2.27. The summed E-state index contributed by atoms with van der Waals surface area (Å²) in [6.45, 7) is 0.954. The third-order valence-electron chi connectivity index (χ3n) is 5.89. The Labute approximate surface area is 187 Å². The topological polar surface area (TPSA) is 98.7 Å². The van der Waals surface area contributed by atoms with E-state index in [4.69, 9.17) is 4.98 Å². The molecule has 2 saturated heterocycles. The number of benzene rings is 1. The molecule has 1 aromatic heterocycles. The zero-order valence-electron chi connectivity index (χ0n) is 18.5. The Morgan fingerprint density at radius 1 is 1.22 bits per heavy atom. The summed E-state index contributed by atoms with van der Waals surface area (Å²) >= 11 is 0. The van der Waals surface area contributed by atoms with Crippen molar-refractivity contribution in [1.82, 2.24) is 25.1 Å². The van der Waals surface area contributed by atoms with E-state index >= 15 is 0 Å². The van der Waals surface area contributed by atoms with Crippen molar-refractivity contribution in [2.75, 3.05) is 38.6 Å². The zero-order valence-corrected chi connectivity index (χ0v) is 18.5. The van der Waals surface area contributed by atoms with E-state index in [1.54, 1.807) is 0 Å². The van der Waals surface area contributed by atoms with Gasteiger partial charge in [0.25, 0.3) is 0 Å². The van der Waals surface area contributed by atoms with Gasteiger partial charge in [0, 0.05) is 45.4 Å². The van der Waals surface area contributed by atoms with E-state index in [1.165, 1.54) is 4.90 Å². The van der Waals surface area contributed by atoms with Crippen molar-refractivity contribution >= 4 is 23.8 Å². The predicted molar refractivity (Wildman–Crippen MR) is 120 cm³/mol. The first kappa shape index (κ1) is 21.7. The molecular weight excluding hydrogens is 408 g/mol. The minimum Gasteiger partial charge on any atom is -0.347 e. The number of imide groups is 1. The Morgan fingerprint density at radius 3 is 2.69 bits per heavy atom. The number of hydrogen-bond donors (Lipinski definition) is 1. The molecule has 9 nitrogen and oxygen atoms in total. The molecule has 0 unspecified atom stereocenters. The summed E-state index contributed by atoms with van der Waals surface area (Å²) in [5, 5.41) is 2.50. The van der Waals surface area contributed by atoms with Crippen LogP contribution in [0, 0.1) is 0 Å². The molecule has 1 atom stereocenters. The van der Waals surface area contributed by atoms with Crippen molar-refractivity contribution in [3.8, 4) is 11.1 Å². The highest BCUT2D eigenvalue weighted by molar-refractivity contribution is 6.01. The Hall–Kier alpha value is -3.49. The van der Waals surface area contributed by atoms with Gasteiger partial charge < -0.3 is 15.1 Å². The minimum absolute atomic E-state index is 0.0172. The van der Waals surface area contributed by atoms with Crippen LogP contribution in [0.25, 0.3) is 11.1 Å². The van der Waals surface area contributed by atoms with E-state index in [0.29, 0.717) is 18.9 Å². The second-order valence-electron chi connectivity index (χ2n) is 8.28. The van der Waals surface area contributed by atoms with Crippen molar-refractivity contribution in [3.05, 3.63) is 42.2 Å². The average Bonchev–Trinajstić information content (AvgIpc) is 3.41. The highest BCUT2D eigenvalue weighted by atomic mass is 16.2. The van der Waals surface area contributed by atoms with Crippen LogP contribution in [0.15, 0.2) is 36.5 Å². The molecular formula is C23H28N6O3. The van der Waals surface area contributed by atoms with Crippen LogP contribution in [0.4, 0.5) is 10.7 Å². The number of nitrogens with one attached hydrogen (secondary N) is 1. The molecule has 4 amide bonds. The first-order valence-electron chi connectivity index (χ1n) is 10.9. The number of carbonyl (C=O) groups is 3. The second-order valence-corrected chi connectivity index (χ2v) is 8.28. The molecule has 32 heavy (non-hydrogen) atoms. The molecule has 2 aliphatic rings. The number of nitrogens with zero attached hydrogens (tertiary/aromatic N) is 5. The van der Waals surface area contributed by atoms with Crippen LogP contribution in [0.5, 0.6) is 0 Å². The predicted octanol–water partition coefficient (Wildman–Crippen LogP) is 2.21. The average molecular weight is 437 g/mol. The Balaban J connectivity index is 1.53. The minimum atomic E-state index is -0.383. The summed E-state index contributed by atoms with van der Waals surface area (Å²) in [5.41, 5.74) is 2.81. The molecule has 1 N–H and O–H groups in total. The molecule has 2 aromatic rings. The van der Waals surface area contributed by atoms with E-state index in [2.05, 4.69) is 10.3 Å². The maximum Gasteiger partial charge on any atom is 0.324 e. The van der Waals surface area contributed by atoms with Gasteiger partial charge in [0.2, 0.25) is 17.8 Å². The molecule has 2 aliphatic heterocycles. The van der Waals surface area contributed by atoms with Gasteiger partial charge in [-0.3, -0.25) is 14.5 Å². The third kappa shape index (κ3) is 4.42. The molecule has 0 aliphatic carbocycles. The molecule has 0 spiro atoms. The first-order chi connectivity index (χ1) is 15.5. The number of anilines is 1. The smallest absolute Gasteiger partial charge is 0.324 e. The van der Waals surface area contributed by atoms with Crippen molar-refractivity contribution < 1.29 is 14.4 Å². The van der Waals surface area contributed by atoms with Gasteiger partial charge in [-0.2, -0.15) is 0 Å². The number of rotatable bonds is 7. The summed E-state index contributed by atoms with van der Waals surface area (Å²) < 4.78 is 0. The Bertz CT molecular complexity index is 994. The lowest BCUT2D eigenvalue weighted by molar-refractivity contribution is -0.133. The van der Waals surface area contributed by atoms with Crippen LogP contribution in [-0.4, -0.2) is 71.3 Å². The van der Waals surface area contributed by atoms with Crippen molar-refractivity contribution in [2.45, 2.75) is 31.7 Å². The summed E-state index contributed by atoms with van der Waals surface area (Å²) in [4.78, 5) is 50.8. The molecule has 1 aromatic carbocycles. The van der Waals surface area contributed by atoms with Crippen LogP contribution in [0.2, 0.25) is 0 Å². The highest BCUT2D eigenvalue weighted by Crippen LogP contribution is 2.37. The van der Waals surface area contributed by atoms with Gasteiger partial charge in [0.05, 0.1) is 18.3 Å². The molecule has 9 heteroatoms. The summed E-state index contributed by atoms with van der Waals surface area (Å²) in [6.07, 6.45) is 4.30. The zero-order chi connectivity index (χ0) is 22.7.